The molecule has 0 aliphatic carbocycles. The van der Waals surface area contributed by atoms with Gasteiger partial charge in [0.1, 0.15) is 5.82 Å². The predicted molar refractivity (Wildman–Crippen MR) is 94.5 cm³/mol. The van der Waals surface area contributed by atoms with Crippen LogP contribution in [0.2, 0.25) is 0 Å². The van der Waals surface area contributed by atoms with E-state index in [2.05, 4.69) is 20.2 Å². The first-order chi connectivity index (χ1) is 12.3. The Labute approximate surface area is 147 Å². The summed E-state index contributed by atoms with van der Waals surface area (Å²) >= 11 is 0. The maximum atomic E-state index is 13.2. The number of piperidine rings is 2. The smallest absolute Gasteiger partial charge is 0.257 e. The Morgan fingerprint density at radius 3 is 2.76 bits per heavy atom. The van der Waals surface area contributed by atoms with Gasteiger partial charge in [0.15, 0.2) is 0 Å². The summed E-state index contributed by atoms with van der Waals surface area (Å²) in [5, 5.41) is 8.00. The van der Waals surface area contributed by atoms with Gasteiger partial charge in [0.25, 0.3) is 5.91 Å². The quantitative estimate of drug-likeness (QED) is 0.856. The number of amides is 1. The van der Waals surface area contributed by atoms with Gasteiger partial charge in [-0.3, -0.25) is 4.79 Å². The van der Waals surface area contributed by atoms with Crippen LogP contribution in [0, 0.1) is 0 Å². The van der Waals surface area contributed by atoms with E-state index in [1.807, 2.05) is 27.9 Å². The summed E-state index contributed by atoms with van der Waals surface area (Å²) in [7, 11) is 0. The van der Waals surface area contributed by atoms with Gasteiger partial charge < -0.3 is 9.80 Å². The number of hydrogen-bond donors (Lipinski definition) is 0. The minimum Gasteiger partial charge on any atom is -0.356 e. The molecule has 4 heterocycles. The zero-order valence-electron chi connectivity index (χ0n) is 14.4. The molecule has 0 bridgehead atoms. The second-order valence-corrected chi connectivity index (χ2v) is 6.85. The van der Waals surface area contributed by atoms with Gasteiger partial charge >= 0.3 is 0 Å². The van der Waals surface area contributed by atoms with Gasteiger partial charge in [-0.05, 0) is 44.2 Å². The fourth-order valence-electron chi connectivity index (χ4n) is 3.86. The molecule has 2 aromatic rings. The molecule has 7 heteroatoms. The molecule has 0 radical (unpaired) electrons. The summed E-state index contributed by atoms with van der Waals surface area (Å²) in [4.78, 5) is 21.9. The average Bonchev–Trinajstić information content (AvgIpc) is 3.23. The fourth-order valence-corrected chi connectivity index (χ4v) is 3.86. The maximum Gasteiger partial charge on any atom is 0.257 e. The number of likely N-dealkylation sites (tertiary alicyclic amines) is 1. The van der Waals surface area contributed by atoms with Crippen LogP contribution in [0.1, 0.15) is 48.5 Å². The van der Waals surface area contributed by atoms with E-state index in [4.69, 9.17) is 0 Å². The van der Waals surface area contributed by atoms with Gasteiger partial charge in [0, 0.05) is 38.6 Å². The summed E-state index contributed by atoms with van der Waals surface area (Å²) in [6.07, 6.45) is 11.0. The molecule has 1 atom stereocenters. The van der Waals surface area contributed by atoms with E-state index in [-0.39, 0.29) is 11.9 Å². The van der Waals surface area contributed by atoms with Crippen LogP contribution in [-0.2, 0) is 0 Å². The molecule has 132 valence electrons. The van der Waals surface area contributed by atoms with Crippen molar-refractivity contribution in [3.05, 3.63) is 36.3 Å². The lowest BCUT2D eigenvalue weighted by Crippen LogP contribution is -2.42. The third-order valence-electron chi connectivity index (χ3n) is 5.17. The molecule has 2 aliphatic rings. The summed E-state index contributed by atoms with van der Waals surface area (Å²) in [6, 6.07) is 3.98. The number of hydrogen-bond acceptors (Lipinski definition) is 5. The molecule has 0 aromatic carbocycles. The zero-order valence-corrected chi connectivity index (χ0v) is 14.4. The maximum absolute atomic E-state index is 13.2. The van der Waals surface area contributed by atoms with E-state index in [0.29, 0.717) is 6.54 Å². The molecule has 1 amide bonds. The van der Waals surface area contributed by atoms with Crippen LogP contribution in [0.5, 0.6) is 0 Å². The largest absolute Gasteiger partial charge is 0.356 e. The fraction of sp³-hybridized carbons (Fsp3) is 0.556. The molecule has 2 fully saturated rings. The van der Waals surface area contributed by atoms with Gasteiger partial charge in [-0.1, -0.05) is 5.21 Å². The van der Waals surface area contributed by atoms with Crippen LogP contribution in [0.3, 0.4) is 0 Å². The first-order valence-corrected chi connectivity index (χ1v) is 9.18. The monoisotopic (exact) mass is 340 g/mol. The Morgan fingerprint density at radius 2 is 1.96 bits per heavy atom. The molecule has 2 saturated heterocycles. The first-order valence-electron chi connectivity index (χ1n) is 9.18. The third-order valence-corrected chi connectivity index (χ3v) is 5.17. The van der Waals surface area contributed by atoms with Crippen LogP contribution in [0.25, 0.3) is 0 Å². The lowest BCUT2D eigenvalue weighted by Gasteiger charge is -2.34. The number of carbonyl (C=O) groups excluding carboxylic acids is 1. The summed E-state index contributed by atoms with van der Waals surface area (Å²) in [5.41, 5.74) is 0.726. The standard InChI is InChI=1S/C18H24N6O/c25-18(23-12-5-6-15(14-23)24-13-9-20-21-24)16-7-4-8-19-17(16)22-10-2-1-3-11-22/h4,7-9,13,15H,1-3,5-6,10-12,14H2. The van der Waals surface area contributed by atoms with E-state index in [0.717, 1.165) is 43.9 Å². The van der Waals surface area contributed by atoms with E-state index in [1.165, 1.54) is 19.3 Å². The van der Waals surface area contributed by atoms with Crippen LogP contribution < -0.4 is 4.90 Å². The van der Waals surface area contributed by atoms with Crippen molar-refractivity contribution >= 4 is 11.7 Å². The molecule has 2 aromatic heterocycles. The Kier molecular flexibility index (Phi) is 4.63. The topological polar surface area (TPSA) is 67.2 Å². The third kappa shape index (κ3) is 3.36. The van der Waals surface area contributed by atoms with Crippen molar-refractivity contribution in [1.82, 2.24) is 24.9 Å². The highest BCUT2D eigenvalue weighted by Gasteiger charge is 2.28. The molecule has 1 unspecified atom stereocenters. The summed E-state index contributed by atoms with van der Waals surface area (Å²) in [6.45, 7) is 3.44. The molecule has 0 spiro atoms. The summed E-state index contributed by atoms with van der Waals surface area (Å²) in [5.74, 6) is 0.925. The number of rotatable bonds is 3. The Morgan fingerprint density at radius 1 is 1.08 bits per heavy atom. The van der Waals surface area contributed by atoms with Crippen molar-refractivity contribution < 1.29 is 4.79 Å². The highest BCUT2D eigenvalue weighted by atomic mass is 16.2. The predicted octanol–water partition coefficient (Wildman–Crippen LogP) is 2.14. The minimum atomic E-state index is 0.0819. The van der Waals surface area contributed by atoms with Crippen molar-refractivity contribution in [3.63, 3.8) is 0 Å². The first kappa shape index (κ1) is 16.1. The lowest BCUT2D eigenvalue weighted by molar-refractivity contribution is 0.0672. The highest BCUT2D eigenvalue weighted by Crippen LogP contribution is 2.26. The Hall–Kier alpha value is -2.44. The molecule has 4 rings (SSSR count). The van der Waals surface area contributed by atoms with Gasteiger partial charge in [0.05, 0.1) is 17.8 Å². The molecule has 0 N–H and O–H groups in total. The minimum absolute atomic E-state index is 0.0819. The van der Waals surface area contributed by atoms with Crippen molar-refractivity contribution in [2.75, 3.05) is 31.1 Å². The molecular weight excluding hydrogens is 316 g/mol. The van der Waals surface area contributed by atoms with Gasteiger partial charge in [-0.25, -0.2) is 9.67 Å². The Bertz CT molecular complexity index is 710. The lowest BCUT2D eigenvalue weighted by atomic mass is 10.0. The van der Waals surface area contributed by atoms with Crippen molar-refractivity contribution in [3.8, 4) is 0 Å². The van der Waals surface area contributed by atoms with Gasteiger partial charge in [0.2, 0.25) is 0 Å². The molecular formula is C18H24N6O. The van der Waals surface area contributed by atoms with Crippen molar-refractivity contribution in [2.45, 2.75) is 38.1 Å². The Balaban J connectivity index is 1.54. The van der Waals surface area contributed by atoms with Crippen LogP contribution in [-0.4, -0.2) is 57.0 Å². The number of anilines is 1. The molecule has 7 nitrogen and oxygen atoms in total. The van der Waals surface area contributed by atoms with Crippen molar-refractivity contribution in [2.24, 2.45) is 0 Å². The van der Waals surface area contributed by atoms with Crippen molar-refractivity contribution in [1.29, 1.82) is 0 Å². The van der Waals surface area contributed by atoms with Crippen LogP contribution >= 0.6 is 0 Å². The van der Waals surface area contributed by atoms with E-state index in [1.54, 1.807) is 12.4 Å². The highest BCUT2D eigenvalue weighted by molar-refractivity contribution is 5.99. The molecule has 0 saturated carbocycles. The average molecular weight is 340 g/mol. The normalized spacial score (nSPS) is 21.4. The van der Waals surface area contributed by atoms with Crippen LogP contribution in [0.15, 0.2) is 30.7 Å². The number of pyridine rings is 1. The van der Waals surface area contributed by atoms with Gasteiger partial charge in [-0.15, -0.1) is 5.10 Å². The van der Waals surface area contributed by atoms with Gasteiger partial charge in [-0.2, -0.15) is 0 Å². The van der Waals surface area contributed by atoms with Crippen LogP contribution in [0.4, 0.5) is 5.82 Å². The second-order valence-electron chi connectivity index (χ2n) is 6.85. The second kappa shape index (κ2) is 7.21. The number of carbonyl (C=O) groups is 1. The summed E-state index contributed by atoms with van der Waals surface area (Å²) < 4.78 is 1.87. The number of nitrogens with zero attached hydrogens (tertiary/aromatic N) is 6. The van der Waals surface area contributed by atoms with E-state index >= 15 is 0 Å². The van der Waals surface area contributed by atoms with E-state index in [9.17, 15) is 4.79 Å². The number of aromatic nitrogens is 4. The molecule has 25 heavy (non-hydrogen) atoms. The SMILES string of the molecule is O=C(c1cccnc1N1CCCCC1)N1CCCC(n2ccnn2)C1. The molecule has 2 aliphatic heterocycles. The zero-order chi connectivity index (χ0) is 17.1. The van der Waals surface area contributed by atoms with E-state index < -0.39 is 0 Å².